The summed E-state index contributed by atoms with van der Waals surface area (Å²) in [5.41, 5.74) is 8.32. The largest absolute Gasteiger partial charge is 0.328 e. The van der Waals surface area contributed by atoms with Crippen molar-refractivity contribution < 1.29 is 0 Å². The van der Waals surface area contributed by atoms with E-state index in [-0.39, 0.29) is 6.04 Å². The highest BCUT2D eigenvalue weighted by molar-refractivity contribution is 7.99. The molecule has 0 aromatic carbocycles. The number of rotatable bonds is 7. The molecule has 3 heteroatoms. The van der Waals surface area contributed by atoms with Crippen LogP contribution in [0.5, 0.6) is 0 Å². The molecule has 96 valence electrons. The van der Waals surface area contributed by atoms with Crippen LogP contribution in [-0.2, 0) is 6.42 Å². The summed E-state index contributed by atoms with van der Waals surface area (Å²) in [5.74, 6) is 1.17. The van der Waals surface area contributed by atoms with Crippen LogP contribution in [0.15, 0.2) is 17.3 Å². The third kappa shape index (κ3) is 5.55. The molecular formula is C14H24N2S. The molecule has 2 N–H and O–H groups in total. The fourth-order valence-corrected chi connectivity index (χ4v) is 2.73. The molecule has 0 aliphatic rings. The van der Waals surface area contributed by atoms with Crippen LogP contribution in [0.1, 0.15) is 44.2 Å². The van der Waals surface area contributed by atoms with Gasteiger partial charge in [-0.05, 0) is 43.6 Å². The molecular weight excluding hydrogens is 228 g/mol. The summed E-state index contributed by atoms with van der Waals surface area (Å²) in [7, 11) is 0. The maximum atomic E-state index is 5.79. The maximum absolute atomic E-state index is 5.79. The smallest absolute Gasteiger partial charge is 0.0989 e. The van der Waals surface area contributed by atoms with E-state index in [0.29, 0.717) is 0 Å². The predicted octanol–water partition coefficient (Wildman–Crippen LogP) is 3.56. The summed E-state index contributed by atoms with van der Waals surface area (Å²) in [5, 5.41) is 1.18. The number of unbranched alkanes of at least 4 members (excludes halogenated alkanes) is 2. The van der Waals surface area contributed by atoms with Gasteiger partial charge >= 0.3 is 0 Å². The quantitative estimate of drug-likeness (QED) is 0.595. The molecule has 1 aromatic rings. The minimum absolute atomic E-state index is 0.208. The van der Waals surface area contributed by atoms with Crippen molar-refractivity contribution in [3.05, 3.63) is 23.4 Å². The van der Waals surface area contributed by atoms with E-state index >= 15 is 0 Å². The normalized spacial score (nSPS) is 12.7. The SMILES string of the molecule is CCCCCSc1ncc(CC(C)N)cc1C. The number of nitrogens with zero attached hydrogens (tertiary/aromatic N) is 1. The highest BCUT2D eigenvalue weighted by atomic mass is 32.2. The minimum Gasteiger partial charge on any atom is -0.328 e. The first-order chi connectivity index (χ1) is 8.13. The molecule has 0 saturated carbocycles. The second-order valence-corrected chi connectivity index (χ2v) is 5.79. The molecule has 0 saturated heterocycles. The van der Waals surface area contributed by atoms with Gasteiger partial charge in [0.15, 0.2) is 0 Å². The monoisotopic (exact) mass is 252 g/mol. The van der Waals surface area contributed by atoms with Gasteiger partial charge in [-0.25, -0.2) is 4.98 Å². The third-order valence-corrected chi connectivity index (χ3v) is 3.82. The molecule has 0 bridgehead atoms. The van der Waals surface area contributed by atoms with Gasteiger partial charge in [-0.3, -0.25) is 0 Å². The van der Waals surface area contributed by atoms with Crippen LogP contribution in [0.4, 0.5) is 0 Å². The van der Waals surface area contributed by atoms with Gasteiger partial charge in [-0.1, -0.05) is 25.8 Å². The minimum atomic E-state index is 0.208. The zero-order chi connectivity index (χ0) is 12.7. The van der Waals surface area contributed by atoms with Crippen molar-refractivity contribution in [3.63, 3.8) is 0 Å². The summed E-state index contributed by atoms with van der Waals surface area (Å²) in [6.07, 6.45) is 6.76. The Morgan fingerprint density at radius 2 is 2.18 bits per heavy atom. The number of hydrogen-bond acceptors (Lipinski definition) is 3. The van der Waals surface area contributed by atoms with Gasteiger partial charge in [0.2, 0.25) is 0 Å². The zero-order valence-corrected chi connectivity index (χ0v) is 12.0. The van der Waals surface area contributed by atoms with E-state index in [0.717, 1.165) is 6.42 Å². The van der Waals surface area contributed by atoms with E-state index in [4.69, 9.17) is 5.73 Å². The molecule has 1 rings (SSSR count). The molecule has 1 unspecified atom stereocenters. The first-order valence-corrected chi connectivity index (χ1v) is 7.46. The van der Waals surface area contributed by atoms with Crippen LogP contribution in [0.25, 0.3) is 0 Å². The lowest BCUT2D eigenvalue weighted by molar-refractivity contribution is 0.732. The topological polar surface area (TPSA) is 38.9 Å². The first kappa shape index (κ1) is 14.5. The third-order valence-electron chi connectivity index (χ3n) is 2.63. The van der Waals surface area contributed by atoms with Crippen LogP contribution < -0.4 is 5.73 Å². The molecule has 17 heavy (non-hydrogen) atoms. The Morgan fingerprint density at radius 1 is 1.41 bits per heavy atom. The Bertz CT molecular complexity index is 337. The average Bonchev–Trinajstić information content (AvgIpc) is 2.26. The first-order valence-electron chi connectivity index (χ1n) is 6.47. The van der Waals surface area contributed by atoms with Crippen molar-refractivity contribution in [2.75, 3.05) is 5.75 Å². The van der Waals surface area contributed by atoms with Gasteiger partial charge < -0.3 is 5.73 Å². The number of aromatic nitrogens is 1. The fraction of sp³-hybridized carbons (Fsp3) is 0.643. The molecule has 0 amide bonds. The Morgan fingerprint density at radius 3 is 2.76 bits per heavy atom. The summed E-state index contributed by atoms with van der Waals surface area (Å²) >= 11 is 1.87. The van der Waals surface area contributed by atoms with E-state index in [1.165, 1.54) is 41.2 Å². The van der Waals surface area contributed by atoms with Crippen molar-refractivity contribution in [3.8, 4) is 0 Å². The summed E-state index contributed by atoms with van der Waals surface area (Å²) in [4.78, 5) is 4.54. The molecule has 2 nitrogen and oxygen atoms in total. The van der Waals surface area contributed by atoms with E-state index in [1.807, 2.05) is 24.9 Å². The number of aryl methyl sites for hydroxylation is 1. The Labute approximate surface area is 109 Å². The standard InChI is InChI=1S/C14H24N2S/c1-4-5-6-7-17-14-11(2)8-13(10-16-14)9-12(3)15/h8,10,12H,4-7,9,15H2,1-3H3. The number of pyridine rings is 1. The van der Waals surface area contributed by atoms with Gasteiger partial charge in [0.1, 0.15) is 0 Å². The molecule has 0 fully saturated rings. The van der Waals surface area contributed by atoms with E-state index in [1.54, 1.807) is 0 Å². The van der Waals surface area contributed by atoms with Crippen molar-refractivity contribution >= 4 is 11.8 Å². The fourth-order valence-electron chi connectivity index (χ4n) is 1.78. The van der Waals surface area contributed by atoms with Crippen LogP contribution in [0.3, 0.4) is 0 Å². The summed E-state index contributed by atoms with van der Waals surface area (Å²) in [6, 6.07) is 2.43. The lowest BCUT2D eigenvalue weighted by atomic mass is 10.1. The lowest BCUT2D eigenvalue weighted by Gasteiger charge is -2.09. The highest BCUT2D eigenvalue weighted by Crippen LogP contribution is 2.22. The molecule has 1 aromatic heterocycles. The number of nitrogens with two attached hydrogens (primary N) is 1. The van der Waals surface area contributed by atoms with E-state index in [9.17, 15) is 0 Å². The van der Waals surface area contributed by atoms with Crippen molar-refractivity contribution in [1.29, 1.82) is 0 Å². The Balaban J connectivity index is 2.51. The van der Waals surface area contributed by atoms with Crippen molar-refractivity contribution in [1.82, 2.24) is 4.98 Å². The van der Waals surface area contributed by atoms with Gasteiger partial charge in [0, 0.05) is 12.2 Å². The van der Waals surface area contributed by atoms with Crippen molar-refractivity contribution in [2.45, 2.75) is 57.5 Å². The number of thioether (sulfide) groups is 1. The predicted molar refractivity (Wildman–Crippen MR) is 76.6 cm³/mol. The second-order valence-electron chi connectivity index (χ2n) is 4.70. The van der Waals surface area contributed by atoms with E-state index in [2.05, 4.69) is 24.9 Å². The molecule has 1 atom stereocenters. The van der Waals surface area contributed by atoms with Crippen LogP contribution >= 0.6 is 11.8 Å². The number of hydrogen-bond donors (Lipinski definition) is 1. The van der Waals surface area contributed by atoms with Crippen molar-refractivity contribution in [2.24, 2.45) is 5.73 Å². The molecule has 0 aliphatic heterocycles. The van der Waals surface area contributed by atoms with Gasteiger partial charge in [-0.15, -0.1) is 11.8 Å². The molecule has 0 aliphatic carbocycles. The summed E-state index contributed by atoms with van der Waals surface area (Å²) < 4.78 is 0. The molecule has 0 radical (unpaired) electrons. The average molecular weight is 252 g/mol. The summed E-state index contributed by atoms with van der Waals surface area (Å²) in [6.45, 7) is 6.40. The molecule has 1 heterocycles. The zero-order valence-electron chi connectivity index (χ0n) is 11.2. The van der Waals surface area contributed by atoms with Gasteiger partial charge in [0.05, 0.1) is 5.03 Å². The Hall–Kier alpha value is -0.540. The lowest BCUT2D eigenvalue weighted by Crippen LogP contribution is -2.17. The maximum Gasteiger partial charge on any atom is 0.0989 e. The van der Waals surface area contributed by atoms with Crippen LogP contribution in [0.2, 0.25) is 0 Å². The van der Waals surface area contributed by atoms with Gasteiger partial charge in [0.25, 0.3) is 0 Å². The molecule has 0 spiro atoms. The second kappa shape index (κ2) is 7.72. The van der Waals surface area contributed by atoms with Gasteiger partial charge in [-0.2, -0.15) is 0 Å². The van der Waals surface area contributed by atoms with Crippen LogP contribution in [0, 0.1) is 6.92 Å². The van der Waals surface area contributed by atoms with E-state index < -0.39 is 0 Å². The highest BCUT2D eigenvalue weighted by Gasteiger charge is 2.04. The Kier molecular flexibility index (Phi) is 6.60. The van der Waals surface area contributed by atoms with Crippen LogP contribution in [-0.4, -0.2) is 16.8 Å².